The van der Waals surface area contributed by atoms with Crippen molar-refractivity contribution in [1.29, 1.82) is 0 Å². The number of aromatic nitrogens is 1. The summed E-state index contributed by atoms with van der Waals surface area (Å²) in [7, 11) is 1.92. The van der Waals surface area contributed by atoms with Gasteiger partial charge in [-0.25, -0.2) is 4.57 Å². The molecule has 0 amide bonds. The molecule has 0 radical (unpaired) electrons. The molecule has 0 atom stereocenters. The highest BCUT2D eigenvalue weighted by Crippen LogP contribution is 2.32. The van der Waals surface area contributed by atoms with Gasteiger partial charge in [-0.2, -0.15) is 0 Å². The van der Waals surface area contributed by atoms with Gasteiger partial charge in [0, 0.05) is 25.9 Å². The minimum atomic E-state index is -2.25. The normalized spacial score (nSPS) is 14.9. The number of pyridine rings is 1. The van der Waals surface area contributed by atoms with Gasteiger partial charge >= 0.3 is 0 Å². The molecule has 0 bridgehead atoms. The molecule has 0 aliphatic heterocycles. The Kier molecular flexibility index (Phi) is 3.27. The highest BCUT2D eigenvalue weighted by molar-refractivity contribution is 5.78. The Morgan fingerprint density at radius 1 is 0.643 bits per heavy atom. The van der Waals surface area contributed by atoms with Gasteiger partial charge in [0.25, 0.3) is 0 Å². The molecule has 0 aliphatic rings. The minimum Gasteiger partial charge on any atom is -0.201 e. The number of hydrogen-bond donors (Lipinski definition) is 0. The topological polar surface area (TPSA) is 3.88 Å². The Hall–Kier alpha value is -3.19. The van der Waals surface area contributed by atoms with Gasteiger partial charge in [-0.1, -0.05) is 60.7 Å². The van der Waals surface area contributed by atoms with Crippen molar-refractivity contribution < 1.29 is 12.8 Å². The molecule has 4 rings (SSSR count). The molecule has 1 aromatic heterocycles. The van der Waals surface area contributed by atoms with Gasteiger partial charge in [0.1, 0.15) is 7.05 Å². The van der Waals surface area contributed by atoms with E-state index in [-0.39, 0.29) is 0 Å². The Balaban J connectivity index is 1.95. The first-order chi connectivity index (χ1) is 16.0. The van der Waals surface area contributed by atoms with Crippen LogP contribution in [-0.2, 0) is 7.05 Å². The Labute approximate surface area is 176 Å². The molecule has 0 saturated carbocycles. The third-order valence-corrected chi connectivity index (χ3v) is 5.11. The zero-order chi connectivity index (χ0) is 24.7. The Morgan fingerprint density at radius 2 is 1.39 bits per heavy atom. The van der Waals surface area contributed by atoms with Crippen LogP contribution in [0.15, 0.2) is 85.1 Å². The van der Waals surface area contributed by atoms with Crippen molar-refractivity contribution in [2.45, 2.75) is 20.6 Å². The number of aryl methyl sites for hydroxylation is 4. The molecule has 1 nitrogen and oxygen atoms in total. The summed E-state index contributed by atoms with van der Waals surface area (Å²) >= 11 is 0. The molecule has 0 fully saturated rings. The van der Waals surface area contributed by atoms with Gasteiger partial charge in [0.05, 0.1) is 0 Å². The van der Waals surface area contributed by atoms with Crippen LogP contribution in [0.5, 0.6) is 0 Å². The second-order valence-electron chi connectivity index (χ2n) is 7.04. The van der Waals surface area contributed by atoms with Gasteiger partial charge in [0.2, 0.25) is 5.69 Å². The van der Waals surface area contributed by atoms with E-state index in [2.05, 4.69) is 0 Å². The first-order valence-corrected chi connectivity index (χ1v) is 9.27. The molecule has 138 valence electrons. The van der Waals surface area contributed by atoms with Crippen molar-refractivity contribution in [3.63, 3.8) is 0 Å². The monoisotopic (exact) mass is 370 g/mol. The summed E-state index contributed by atoms with van der Waals surface area (Å²) in [6.07, 6.45) is 1.90. The summed E-state index contributed by atoms with van der Waals surface area (Å²) in [5, 5.41) is 0. The fraction of sp³-hybridized carbons (Fsp3) is 0.148. The zero-order valence-electron chi connectivity index (χ0n) is 22.0. The van der Waals surface area contributed by atoms with Crippen LogP contribution in [-0.4, -0.2) is 0 Å². The average Bonchev–Trinajstić information content (AvgIpc) is 2.79. The summed E-state index contributed by atoms with van der Waals surface area (Å²) in [6, 6.07) is 24.1. The molecule has 0 saturated heterocycles. The van der Waals surface area contributed by atoms with Crippen LogP contribution in [0.4, 0.5) is 0 Å². The van der Waals surface area contributed by atoms with E-state index in [1.165, 1.54) is 0 Å². The summed E-state index contributed by atoms with van der Waals surface area (Å²) < 4.78 is 50.0. The van der Waals surface area contributed by atoms with E-state index < -0.39 is 13.7 Å². The summed E-state index contributed by atoms with van der Waals surface area (Å²) in [5.74, 6) is 0. The first kappa shape index (κ1) is 12.3. The van der Waals surface area contributed by atoms with Crippen molar-refractivity contribution in [2.75, 3.05) is 0 Å². The lowest BCUT2D eigenvalue weighted by Crippen LogP contribution is -2.30. The predicted octanol–water partition coefficient (Wildman–Crippen LogP) is 6.44. The van der Waals surface area contributed by atoms with E-state index in [0.717, 1.165) is 27.9 Å². The summed E-state index contributed by atoms with van der Waals surface area (Å²) in [6.45, 7) is -2.58. The van der Waals surface area contributed by atoms with Gasteiger partial charge in [-0.3, -0.25) is 0 Å². The SMILES string of the molecule is [2H]C([2H])([2H])c1ccccc1-c1cc[n+](C)c(-c2cc(-c3ccccc3)c(C([2H])([2H])[2H])cc2C)c1. The van der Waals surface area contributed by atoms with Crippen molar-refractivity contribution >= 4 is 0 Å². The van der Waals surface area contributed by atoms with E-state index in [9.17, 15) is 0 Å². The lowest BCUT2D eigenvalue weighted by Gasteiger charge is -2.13. The molecule has 1 heteroatoms. The molecule has 0 aliphatic carbocycles. The zero-order valence-corrected chi connectivity index (χ0v) is 16.0. The molecule has 0 spiro atoms. The maximum atomic E-state index is 8.08. The van der Waals surface area contributed by atoms with E-state index in [4.69, 9.17) is 8.22 Å². The number of hydrogen-bond acceptors (Lipinski definition) is 0. The van der Waals surface area contributed by atoms with E-state index in [0.29, 0.717) is 22.3 Å². The van der Waals surface area contributed by atoms with Gasteiger partial charge in [-0.05, 0) is 65.6 Å². The van der Waals surface area contributed by atoms with Crippen LogP contribution in [0.2, 0.25) is 0 Å². The highest BCUT2D eigenvalue weighted by atomic mass is 14.9. The molecular weight excluding hydrogens is 338 g/mol. The highest BCUT2D eigenvalue weighted by Gasteiger charge is 2.17. The molecule has 1 heterocycles. The van der Waals surface area contributed by atoms with Crippen LogP contribution in [0.1, 0.15) is 24.9 Å². The van der Waals surface area contributed by atoms with Gasteiger partial charge in [0.15, 0.2) is 6.20 Å². The standard InChI is InChI=1S/C27H26N/c1-19-10-8-9-13-24(19)23-14-15-28(4)27(17-23)26-18-25(20(2)16-21(26)3)22-11-6-5-7-12-22/h5-18H,1-4H3/q+1/i1D3,2D3. The van der Waals surface area contributed by atoms with Crippen LogP contribution >= 0.6 is 0 Å². The summed E-state index contributed by atoms with van der Waals surface area (Å²) in [5.41, 5.74) is 6.15. The third-order valence-electron chi connectivity index (χ3n) is 5.11. The third kappa shape index (κ3) is 3.36. The van der Waals surface area contributed by atoms with E-state index in [1.807, 2.05) is 85.4 Å². The second-order valence-corrected chi connectivity index (χ2v) is 7.04. The minimum absolute atomic E-state index is 0.300. The second kappa shape index (κ2) is 7.44. The molecule has 3 aromatic carbocycles. The number of nitrogens with zero attached hydrogens (tertiary/aromatic N) is 1. The molecule has 4 aromatic rings. The quantitative estimate of drug-likeness (QED) is 0.365. The first-order valence-electron chi connectivity index (χ1n) is 12.3. The smallest absolute Gasteiger partial charge is 0.201 e. The van der Waals surface area contributed by atoms with Crippen molar-refractivity contribution in [2.24, 2.45) is 7.05 Å². The van der Waals surface area contributed by atoms with Gasteiger partial charge in [-0.15, -0.1) is 0 Å². The number of rotatable bonds is 3. The fourth-order valence-corrected chi connectivity index (χ4v) is 3.58. The lowest BCUT2D eigenvalue weighted by atomic mass is 9.92. The summed E-state index contributed by atoms with van der Waals surface area (Å²) in [4.78, 5) is 0. The van der Waals surface area contributed by atoms with Crippen molar-refractivity contribution in [1.82, 2.24) is 0 Å². The molecule has 0 N–H and O–H groups in total. The molecule has 0 unspecified atom stereocenters. The predicted molar refractivity (Wildman–Crippen MR) is 118 cm³/mol. The van der Waals surface area contributed by atoms with Crippen LogP contribution in [0.25, 0.3) is 33.5 Å². The number of benzene rings is 3. The Morgan fingerprint density at radius 3 is 2.18 bits per heavy atom. The lowest BCUT2D eigenvalue weighted by molar-refractivity contribution is -0.660. The molecular formula is C27H26N+. The van der Waals surface area contributed by atoms with E-state index in [1.54, 1.807) is 18.2 Å². The van der Waals surface area contributed by atoms with Gasteiger partial charge < -0.3 is 0 Å². The maximum absolute atomic E-state index is 8.08. The van der Waals surface area contributed by atoms with Crippen LogP contribution in [0, 0.1) is 20.6 Å². The fourth-order valence-electron chi connectivity index (χ4n) is 3.58. The van der Waals surface area contributed by atoms with E-state index >= 15 is 0 Å². The van der Waals surface area contributed by atoms with Crippen molar-refractivity contribution in [3.8, 4) is 33.5 Å². The van der Waals surface area contributed by atoms with Crippen LogP contribution < -0.4 is 4.57 Å². The maximum Gasteiger partial charge on any atom is 0.213 e. The van der Waals surface area contributed by atoms with Crippen LogP contribution in [0.3, 0.4) is 0 Å². The average molecular weight is 371 g/mol. The largest absolute Gasteiger partial charge is 0.213 e. The van der Waals surface area contributed by atoms with Crippen molar-refractivity contribution in [3.05, 3.63) is 102 Å². The Bertz CT molecular complexity index is 1340. The molecule has 28 heavy (non-hydrogen) atoms.